The Morgan fingerprint density at radius 2 is 1.79 bits per heavy atom. The molecule has 5 heteroatoms. The highest BCUT2D eigenvalue weighted by Crippen LogP contribution is 2.41. The molecule has 0 saturated heterocycles. The van der Waals surface area contributed by atoms with Gasteiger partial charge in [0.2, 0.25) is 0 Å². The Morgan fingerprint density at radius 3 is 2.43 bits per heavy atom. The number of esters is 1. The molecule has 144 valence electrons. The van der Waals surface area contributed by atoms with Crippen molar-refractivity contribution >= 4 is 29.1 Å². The topological polar surface area (TPSA) is 60.4 Å². The highest BCUT2D eigenvalue weighted by Gasteiger charge is 2.52. The van der Waals surface area contributed by atoms with Crippen LogP contribution in [0.3, 0.4) is 0 Å². The third-order valence-corrected chi connectivity index (χ3v) is 4.77. The smallest absolute Gasteiger partial charge is 0.324 e. The second-order valence-corrected chi connectivity index (χ2v) is 8.28. The molecule has 1 aliphatic carbocycles. The zero-order valence-electron chi connectivity index (χ0n) is 16.0. The Kier molecular flexibility index (Phi) is 5.26. The SMILES string of the molecule is CC(C)(C)OC(=O)[C@]1(/C=C\C(=O)c2ccccc2)Cc2ccc(Cl)cc2C1=O. The first-order valence-electron chi connectivity index (χ1n) is 8.98. The van der Waals surface area contributed by atoms with Crippen LogP contribution in [0.5, 0.6) is 0 Å². The van der Waals surface area contributed by atoms with Crippen LogP contribution in [-0.2, 0) is 16.0 Å². The summed E-state index contributed by atoms with van der Waals surface area (Å²) in [6.07, 6.45) is 2.79. The lowest BCUT2D eigenvalue weighted by molar-refractivity contribution is -0.161. The van der Waals surface area contributed by atoms with Crippen LogP contribution < -0.4 is 0 Å². The van der Waals surface area contributed by atoms with Crippen molar-refractivity contribution in [3.05, 3.63) is 82.4 Å². The number of rotatable bonds is 4. The van der Waals surface area contributed by atoms with E-state index in [1.54, 1.807) is 63.2 Å². The molecule has 3 rings (SSSR count). The van der Waals surface area contributed by atoms with Gasteiger partial charge in [-0.25, -0.2) is 0 Å². The number of halogens is 1. The van der Waals surface area contributed by atoms with Crippen LogP contribution in [-0.4, -0.2) is 23.1 Å². The number of ketones is 2. The maximum Gasteiger partial charge on any atom is 0.324 e. The summed E-state index contributed by atoms with van der Waals surface area (Å²) < 4.78 is 5.54. The summed E-state index contributed by atoms with van der Waals surface area (Å²) in [6.45, 7) is 5.21. The van der Waals surface area contributed by atoms with Gasteiger partial charge in [0, 0.05) is 22.6 Å². The number of allylic oxidation sites excluding steroid dienone is 1. The van der Waals surface area contributed by atoms with E-state index in [0.29, 0.717) is 21.7 Å². The zero-order chi connectivity index (χ0) is 20.5. The van der Waals surface area contributed by atoms with E-state index in [2.05, 4.69) is 0 Å². The number of hydrogen-bond acceptors (Lipinski definition) is 4. The summed E-state index contributed by atoms with van der Waals surface area (Å²) in [5.41, 5.74) is -0.782. The number of fused-ring (bicyclic) bond motifs is 1. The molecule has 0 spiro atoms. The first-order chi connectivity index (χ1) is 13.1. The fraction of sp³-hybridized carbons (Fsp3) is 0.261. The number of hydrogen-bond donors (Lipinski definition) is 0. The molecule has 0 aromatic heterocycles. The van der Waals surface area contributed by atoms with Crippen molar-refractivity contribution in [1.29, 1.82) is 0 Å². The second kappa shape index (κ2) is 7.36. The standard InChI is InChI=1S/C23H21ClO4/c1-22(2,3)28-21(27)23(12-11-19(25)15-7-5-4-6-8-15)14-16-9-10-17(24)13-18(16)20(23)26/h4-13H,14H2,1-3H3/b12-11-/t23-/m1/s1. The summed E-state index contributed by atoms with van der Waals surface area (Å²) in [7, 11) is 0. The van der Waals surface area contributed by atoms with Crippen molar-refractivity contribution in [2.75, 3.05) is 0 Å². The molecule has 0 bridgehead atoms. The first-order valence-corrected chi connectivity index (χ1v) is 9.35. The predicted molar refractivity (Wildman–Crippen MR) is 108 cm³/mol. The van der Waals surface area contributed by atoms with Gasteiger partial charge in [-0.2, -0.15) is 0 Å². The molecule has 1 aliphatic rings. The fourth-order valence-corrected chi connectivity index (χ4v) is 3.36. The number of ether oxygens (including phenoxy) is 1. The molecule has 0 heterocycles. The van der Waals surface area contributed by atoms with Gasteiger partial charge in [-0.15, -0.1) is 0 Å². The summed E-state index contributed by atoms with van der Waals surface area (Å²) in [6, 6.07) is 13.6. The molecule has 0 fully saturated rings. The Hall–Kier alpha value is -2.72. The molecule has 1 atom stereocenters. The lowest BCUT2D eigenvalue weighted by Crippen LogP contribution is -2.41. The quantitative estimate of drug-likeness (QED) is 0.321. The van der Waals surface area contributed by atoms with Crippen molar-refractivity contribution in [2.24, 2.45) is 5.41 Å². The first kappa shape index (κ1) is 20.0. The third-order valence-electron chi connectivity index (χ3n) is 4.53. The van der Waals surface area contributed by atoms with Gasteiger partial charge in [0.1, 0.15) is 5.60 Å². The van der Waals surface area contributed by atoms with E-state index < -0.39 is 22.8 Å². The Bertz CT molecular complexity index is 970. The molecule has 0 unspecified atom stereocenters. The second-order valence-electron chi connectivity index (χ2n) is 7.84. The molecule has 0 radical (unpaired) electrons. The Balaban J connectivity index is 2.02. The van der Waals surface area contributed by atoms with E-state index in [0.717, 1.165) is 0 Å². The van der Waals surface area contributed by atoms with Gasteiger partial charge >= 0.3 is 5.97 Å². The Labute approximate surface area is 169 Å². The highest BCUT2D eigenvalue weighted by molar-refractivity contribution is 6.31. The van der Waals surface area contributed by atoms with Gasteiger partial charge in [-0.3, -0.25) is 14.4 Å². The van der Waals surface area contributed by atoms with Gasteiger partial charge in [-0.05, 0) is 44.5 Å². The molecule has 0 saturated carbocycles. The molecule has 2 aromatic carbocycles. The molecule has 0 amide bonds. The summed E-state index contributed by atoms with van der Waals surface area (Å²) in [5, 5.41) is 0.413. The van der Waals surface area contributed by atoms with Crippen LogP contribution in [0.4, 0.5) is 0 Å². The largest absolute Gasteiger partial charge is 0.459 e. The molecule has 4 nitrogen and oxygen atoms in total. The average molecular weight is 397 g/mol. The van der Waals surface area contributed by atoms with Crippen LogP contribution in [0.1, 0.15) is 47.1 Å². The van der Waals surface area contributed by atoms with E-state index in [-0.39, 0.29) is 12.2 Å². The van der Waals surface area contributed by atoms with Crippen LogP contribution >= 0.6 is 11.6 Å². The molecule has 0 aliphatic heterocycles. The average Bonchev–Trinajstić information content (AvgIpc) is 2.92. The summed E-state index contributed by atoms with van der Waals surface area (Å²) in [4.78, 5) is 38.8. The number of Topliss-reactive ketones (excluding diaryl/α,β-unsaturated/α-hetero) is 1. The number of benzene rings is 2. The monoisotopic (exact) mass is 396 g/mol. The maximum atomic E-state index is 13.2. The van der Waals surface area contributed by atoms with E-state index in [4.69, 9.17) is 16.3 Å². The van der Waals surface area contributed by atoms with Gasteiger partial charge in [-0.1, -0.05) is 54.1 Å². The van der Waals surface area contributed by atoms with E-state index >= 15 is 0 Å². The summed E-state index contributed by atoms with van der Waals surface area (Å²) in [5.74, 6) is -1.36. The zero-order valence-corrected chi connectivity index (χ0v) is 16.7. The van der Waals surface area contributed by atoms with Crippen LogP contribution in [0.15, 0.2) is 60.7 Å². The van der Waals surface area contributed by atoms with Gasteiger partial charge in [0.25, 0.3) is 0 Å². The van der Waals surface area contributed by atoms with Crippen molar-refractivity contribution in [1.82, 2.24) is 0 Å². The molecular weight excluding hydrogens is 376 g/mol. The fourth-order valence-electron chi connectivity index (χ4n) is 3.19. The van der Waals surface area contributed by atoms with Crippen molar-refractivity contribution < 1.29 is 19.1 Å². The number of carbonyl (C=O) groups excluding carboxylic acids is 3. The normalized spacial score (nSPS) is 18.9. The van der Waals surface area contributed by atoms with Crippen LogP contribution in [0, 0.1) is 5.41 Å². The minimum Gasteiger partial charge on any atom is -0.459 e. The highest BCUT2D eigenvalue weighted by atomic mass is 35.5. The maximum absolute atomic E-state index is 13.2. The predicted octanol–water partition coefficient (Wildman–Crippen LogP) is 4.85. The molecule has 28 heavy (non-hydrogen) atoms. The lowest BCUT2D eigenvalue weighted by Gasteiger charge is -2.27. The van der Waals surface area contributed by atoms with Crippen molar-refractivity contribution in [2.45, 2.75) is 32.8 Å². The van der Waals surface area contributed by atoms with Crippen LogP contribution in [0.25, 0.3) is 0 Å². The van der Waals surface area contributed by atoms with Gasteiger partial charge in [0.05, 0.1) is 0 Å². The molecule has 2 aromatic rings. The third kappa shape index (κ3) is 3.92. The Morgan fingerprint density at radius 1 is 1.11 bits per heavy atom. The lowest BCUT2D eigenvalue weighted by atomic mass is 9.82. The minimum absolute atomic E-state index is 0.131. The van der Waals surface area contributed by atoms with Gasteiger partial charge in [0.15, 0.2) is 17.0 Å². The van der Waals surface area contributed by atoms with Gasteiger partial charge < -0.3 is 4.74 Å². The van der Waals surface area contributed by atoms with E-state index in [1.165, 1.54) is 12.2 Å². The number of carbonyl (C=O) groups is 3. The summed E-state index contributed by atoms with van der Waals surface area (Å²) >= 11 is 6.03. The van der Waals surface area contributed by atoms with E-state index in [9.17, 15) is 14.4 Å². The van der Waals surface area contributed by atoms with Crippen molar-refractivity contribution in [3.8, 4) is 0 Å². The minimum atomic E-state index is -1.58. The molecular formula is C23H21ClO4. The van der Waals surface area contributed by atoms with Crippen LogP contribution in [0.2, 0.25) is 5.02 Å². The van der Waals surface area contributed by atoms with E-state index in [1.807, 2.05) is 6.07 Å². The van der Waals surface area contributed by atoms with Crippen molar-refractivity contribution in [3.63, 3.8) is 0 Å². The molecule has 0 N–H and O–H groups in total.